The molecule has 2 heterocycles. The van der Waals surface area contributed by atoms with Crippen LogP contribution in [0.1, 0.15) is 24.4 Å². The first kappa shape index (κ1) is 20.3. The van der Waals surface area contributed by atoms with Gasteiger partial charge in [0, 0.05) is 5.56 Å². The molecule has 0 aliphatic carbocycles. The number of hydrogen-bond acceptors (Lipinski definition) is 4. The van der Waals surface area contributed by atoms with Gasteiger partial charge in [0.2, 0.25) is 5.89 Å². The van der Waals surface area contributed by atoms with Crippen molar-refractivity contribution in [3.05, 3.63) is 72.1 Å². The zero-order valence-electron chi connectivity index (χ0n) is 17.7. The molecule has 1 fully saturated rings. The third-order valence-corrected chi connectivity index (χ3v) is 5.88. The number of nitrogens with one attached hydrogen (secondary N) is 2. The Kier molecular flexibility index (Phi) is 6.57. The van der Waals surface area contributed by atoms with Crippen molar-refractivity contribution in [2.75, 3.05) is 39.8 Å². The van der Waals surface area contributed by atoms with E-state index in [2.05, 4.69) is 59.6 Å². The van der Waals surface area contributed by atoms with Gasteiger partial charge < -0.3 is 19.0 Å². The third kappa shape index (κ3) is 4.96. The number of quaternary nitrogens is 2. The van der Waals surface area contributed by atoms with Crippen LogP contribution >= 0.6 is 0 Å². The van der Waals surface area contributed by atoms with E-state index in [0.29, 0.717) is 11.8 Å². The van der Waals surface area contributed by atoms with Crippen LogP contribution in [0.15, 0.2) is 65.1 Å². The van der Waals surface area contributed by atoms with Gasteiger partial charge in [0.05, 0.1) is 13.7 Å². The number of rotatable bonds is 7. The first-order chi connectivity index (χ1) is 14.7. The molecule has 6 nitrogen and oxygen atoms in total. The van der Waals surface area contributed by atoms with Gasteiger partial charge >= 0.3 is 0 Å². The molecule has 1 aliphatic rings. The van der Waals surface area contributed by atoms with Crippen LogP contribution in [0.2, 0.25) is 0 Å². The number of ether oxygens (including phenoxy) is 1. The second-order valence-corrected chi connectivity index (χ2v) is 7.82. The van der Waals surface area contributed by atoms with E-state index in [-0.39, 0.29) is 6.04 Å². The smallest absolute Gasteiger partial charge is 0.274 e. The van der Waals surface area contributed by atoms with Crippen molar-refractivity contribution >= 4 is 6.08 Å². The van der Waals surface area contributed by atoms with Crippen LogP contribution < -0.4 is 14.5 Å². The Hall–Kier alpha value is -2.96. The zero-order chi connectivity index (χ0) is 20.8. The Morgan fingerprint density at radius 3 is 2.43 bits per heavy atom. The SMILES string of the molecule is COc1ccc(-c2nnc([C@H](C)[NH+]3CC[NH+](C/C=C/c4ccccc4)CC3)o2)cc1. The summed E-state index contributed by atoms with van der Waals surface area (Å²) in [5, 5.41) is 8.58. The Bertz CT molecular complexity index is 945. The predicted molar refractivity (Wildman–Crippen MR) is 116 cm³/mol. The fraction of sp³-hybridized carbons (Fsp3) is 0.333. The number of piperazine rings is 1. The first-order valence-corrected chi connectivity index (χ1v) is 10.6. The first-order valence-electron chi connectivity index (χ1n) is 10.6. The van der Waals surface area contributed by atoms with Crippen molar-refractivity contribution in [1.29, 1.82) is 0 Å². The second kappa shape index (κ2) is 9.69. The van der Waals surface area contributed by atoms with Crippen molar-refractivity contribution < 1.29 is 19.0 Å². The van der Waals surface area contributed by atoms with Crippen LogP contribution in [-0.2, 0) is 0 Å². The molecule has 2 N–H and O–H groups in total. The zero-order valence-corrected chi connectivity index (χ0v) is 17.7. The van der Waals surface area contributed by atoms with E-state index in [1.807, 2.05) is 24.3 Å². The van der Waals surface area contributed by atoms with E-state index < -0.39 is 0 Å². The van der Waals surface area contributed by atoms with Gasteiger partial charge in [-0.2, -0.15) is 0 Å². The van der Waals surface area contributed by atoms with Crippen LogP contribution in [0.5, 0.6) is 5.75 Å². The van der Waals surface area contributed by atoms with E-state index in [1.54, 1.807) is 12.0 Å². The van der Waals surface area contributed by atoms with E-state index in [4.69, 9.17) is 9.15 Å². The fourth-order valence-corrected chi connectivity index (χ4v) is 3.92. The summed E-state index contributed by atoms with van der Waals surface area (Å²) >= 11 is 0. The highest BCUT2D eigenvalue weighted by atomic mass is 16.5. The van der Waals surface area contributed by atoms with Gasteiger partial charge in [0.25, 0.3) is 5.89 Å². The monoisotopic (exact) mass is 406 g/mol. The number of methoxy groups -OCH3 is 1. The van der Waals surface area contributed by atoms with E-state index in [1.165, 1.54) is 10.5 Å². The third-order valence-electron chi connectivity index (χ3n) is 5.88. The predicted octanol–water partition coefficient (Wildman–Crippen LogP) is 1.30. The summed E-state index contributed by atoms with van der Waals surface area (Å²) in [4.78, 5) is 3.14. The minimum atomic E-state index is 0.200. The van der Waals surface area contributed by atoms with Crippen LogP contribution in [0, 0.1) is 0 Å². The molecule has 0 amide bonds. The van der Waals surface area contributed by atoms with Gasteiger partial charge in [-0.05, 0) is 42.8 Å². The molecule has 0 unspecified atom stereocenters. The van der Waals surface area contributed by atoms with Crippen molar-refractivity contribution in [2.45, 2.75) is 13.0 Å². The van der Waals surface area contributed by atoms with Gasteiger partial charge in [0.15, 0.2) is 6.04 Å². The normalized spacial score (nSPS) is 20.3. The molecule has 30 heavy (non-hydrogen) atoms. The lowest BCUT2D eigenvalue weighted by Gasteiger charge is -2.31. The largest absolute Gasteiger partial charge is 0.497 e. The molecule has 3 aromatic rings. The van der Waals surface area contributed by atoms with Gasteiger partial charge in [-0.25, -0.2) is 0 Å². The highest BCUT2D eigenvalue weighted by Gasteiger charge is 2.30. The maximum Gasteiger partial charge on any atom is 0.274 e. The molecular formula is C24H30N4O2+2. The quantitative estimate of drug-likeness (QED) is 0.621. The Morgan fingerprint density at radius 2 is 1.73 bits per heavy atom. The molecule has 1 aliphatic heterocycles. The molecule has 4 rings (SSSR count). The van der Waals surface area contributed by atoms with Crippen LogP contribution in [0.25, 0.3) is 17.5 Å². The van der Waals surface area contributed by atoms with Gasteiger partial charge in [0.1, 0.15) is 31.9 Å². The highest BCUT2D eigenvalue weighted by molar-refractivity contribution is 5.54. The highest BCUT2D eigenvalue weighted by Crippen LogP contribution is 2.22. The van der Waals surface area contributed by atoms with E-state index in [9.17, 15) is 0 Å². The lowest BCUT2D eigenvalue weighted by atomic mass is 10.2. The second-order valence-electron chi connectivity index (χ2n) is 7.82. The molecule has 1 atom stereocenters. The van der Waals surface area contributed by atoms with E-state index in [0.717, 1.165) is 44.0 Å². The molecule has 0 radical (unpaired) electrons. The molecule has 1 aromatic heterocycles. The lowest BCUT2D eigenvalue weighted by molar-refractivity contribution is -1.02. The van der Waals surface area contributed by atoms with Crippen molar-refractivity contribution in [3.8, 4) is 17.2 Å². The van der Waals surface area contributed by atoms with Crippen LogP contribution in [0.4, 0.5) is 0 Å². The van der Waals surface area contributed by atoms with Gasteiger partial charge in [-0.1, -0.05) is 36.4 Å². The molecule has 0 bridgehead atoms. The summed E-state index contributed by atoms with van der Waals surface area (Å²) in [6.07, 6.45) is 4.51. The van der Waals surface area contributed by atoms with Gasteiger partial charge in [-0.3, -0.25) is 0 Å². The maximum absolute atomic E-state index is 6.00. The number of benzene rings is 2. The van der Waals surface area contributed by atoms with Crippen LogP contribution in [0.3, 0.4) is 0 Å². The summed E-state index contributed by atoms with van der Waals surface area (Å²) in [5.41, 5.74) is 2.18. The minimum absolute atomic E-state index is 0.200. The van der Waals surface area contributed by atoms with Crippen molar-refractivity contribution in [1.82, 2.24) is 10.2 Å². The number of aromatic nitrogens is 2. The van der Waals surface area contributed by atoms with Crippen LogP contribution in [-0.4, -0.2) is 50.0 Å². The summed E-state index contributed by atoms with van der Waals surface area (Å²) in [6.45, 7) is 7.77. The maximum atomic E-state index is 6.00. The summed E-state index contributed by atoms with van der Waals surface area (Å²) < 4.78 is 11.2. The average Bonchev–Trinajstić information content (AvgIpc) is 3.30. The minimum Gasteiger partial charge on any atom is -0.497 e. The Labute approximate surface area is 177 Å². The standard InChI is InChI=1S/C24H28N4O2/c1-19(23-25-26-24(30-23)21-10-12-22(29-2)13-11-21)28-17-15-27(16-18-28)14-6-9-20-7-4-3-5-8-20/h3-13,19H,14-18H2,1-2H3/p+2/b9-6+/t19-/m0/s1. The molecule has 156 valence electrons. The van der Waals surface area contributed by atoms with Gasteiger partial charge in [-0.15, -0.1) is 10.2 Å². The summed E-state index contributed by atoms with van der Waals surface area (Å²) in [7, 11) is 1.66. The summed E-state index contributed by atoms with van der Waals surface area (Å²) in [5.74, 6) is 2.09. The molecule has 1 saturated heterocycles. The molecule has 2 aromatic carbocycles. The topological polar surface area (TPSA) is 57.0 Å². The number of nitrogens with zero attached hydrogens (tertiary/aromatic N) is 2. The number of hydrogen-bond donors (Lipinski definition) is 2. The Morgan fingerprint density at radius 1 is 1.00 bits per heavy atom. The lowest BCUT2D eigenvalue weighted by Crippen LogP contribution is -3.28. The fourth-order valence-electron chi connectivity index (χ4n) is 3.92. The molecule has 6 heteroatoms. The molecule has 0 saturated carbocycles. The summed E-state index contributed by atoms with van der Waals surface area (Å²) in [6, 6.07) is 18.4. The van der Waals surface area contributed by atoms with Crippen molar-refractivity contribution in [2.24, 2.45) is 0 Å². The van der Waals surface area contributed by atoms with E-state index >= 15 is 0 Å². The van der Waals surface area contributed by atoms with Crippen molar-refractivity contribution in [3.63, 3.8) is 0 Å². The molecular weight excluding hydrogens is 376 g/mol. The average molecular weight is 407 g/mol. The Balaban J connectivity index is 1.29. The molecule has 0 spiro atoms.